The third-order valence-electron chi connectivity index (χ3n) is 6.54. The topological polar surface area (TPSA) is 42.0 Å². The lowest BCUT2D eigenvalue weighted by Crippen LogP contribution is -2.76. The summed E-state index contributed by atoms with van der Waals surface area (Å²) >= 11 is 0. The first kappa shape index (κ1) is 15.6. The Morgan fingerprint density at radius 1 is 1.12 bits per heavy atom. The Balaban J connectivity index is 1.49. The second-order valence-electron chi connectivity index (χ2n) is 8.57. The lowest BCUT2D eigenvalue weighted by Gasteiger charge is -2.65. The Morgan fingerprint density at radius 3 is 2.56 bits per heavy atom. The van der Waals surface area contributed by atoms with E-state index in [4.69, 9.17) is 9.47 Å². The highest BCUT2D eigenvalue weighted by Crippen LogP contribution is 2.54. The number of hydrogen-bond donors (Lipinski definition) is 0. The minimum absolute atomic E-state index is 0.159. The summed E-state index contributed by atoms with van der Waals surface area (Å²) in [6, 6.07) is 6.30. The molecule has 0 N–H and O–H groups in total. The number of Topliss-reactive ketones (excluding diaryl/α,β-unsaturated/α-hetero) is 1. The van der Waals surface area contributed by atoms with Gasteiger partial charge in [0.2, 0.25) is 6.79 Å². The van der Waals surface area contributed by atoms with Crippen molar-refractivity contribution in [2.24, 2.45) is 10.8 Å². The van der Waals surface area contributed by atoms with Crippen molar-refractivity contribution >= 4 is 5.78 Å². The molecule has 0 spiro atoms. The van der Waals surface area contributed by atoms with Gasteiger partial charge in [-0.25, -0.2) is 0 Å². The summed E-state index contributed by atoms with van der Waals surface area (Å²) in [5.74, 6) is 2.20. The number of ketones is 1. The van der Waals surface area contributed by atoms with Gasteiger partial charge in [0.1, 0.15) is 5.78 Å². The van der Waals surface area contributed by atoms with E-state index in [-0.39, 0.29) is 17.0 Å². The van der Waals surface area contributed by atoms with Crippen LogP contribution in [0.5, 0.6) is 11.5 Å². The van der Waals surface area contributed by atoms with Crippen LogP contribution in [0, 0.1) is 10.8 Å². The van der Waals surface area contributed by atoms with Crippen LogP contribution in [-0.4, -0.2) is 48.6 Å². The number of hydrogen-bond acceptors (Lipinski definition) is 5. The number of nitrogens with zero attached hydrogens (tertiary/aromatic N) is 2. The zero-order chi connectivity index (χ0) is 17.2. The maximum absolute atomic E-state index is 13.2. The zero-order valence-corrected chi connectivity index (χ0v) is 15.1. The summed E-state index contributed by atoms with van der Waals surface area (Å²) in [5, 5.41) is 0. The molecule has 0 aromatic heterocycles. The monoisotopic (exact) mass is 342 g/mol. The largest absolute Gasteiger partial charge is 0.454 e. The van der Waals surface area contributed by atoms with Gasteiger partial charge in [0.05, 0.1) is 17.0 Å². The summed E-state index contributed by atoms with van der Waals surface area (Å²) < 4.78 is 11.0. The molecule has 0 radical (unpaired) electrons. The highest BCUT2D eigenvalue weighted by atomic mass is 16.7. The SMILES string of the molecule is CCCCC12CN3CC(C)(CN(C1)C3c1ccc3c(c1)OCO3)C2=O. The number of ether oxygens (including phenoxy) is 2. The van der Waals surface area contributed by atoms with Crippen LogP contribution >= 0.6 is 0 Å². The molecule has 4 bridgehead atoms. The van der Waals surface area contributed by atoms with Crippen molar-refractivity contribution in [3.63, 3.8) is 0 Å². The molecule has 5 heteroatoms. The van der Waals surface area contributed by atoms with Crippen molar-refractivity contribution in [3.05, 3.63) is 23.8 Å². The molecule has 4 fully saturated rings. The van der Waals surface area contributed by atoms with Gasteiger partial charge in [0.15, 0.2) is 11.5 Å². The highest BCUT2D eigenvalue weighted by molar-refractivity contribution is 5.93. The fraction of sp³-hybridized carbons (Fsp3) is 0.650. The Kier molecular flexibility index (Phi) is 3.26. The van der Waals surface area contributed by atoms with Gasteiger partial charge >= 0.3 is 0 Å². The molecule has 25 heavy (non-hydrogen) atoms. The molecule has 5 nitrogen and oxygen atoms in total. The lowest BCUT2D eigenvalue weighted by molar-refractivity contribution is -0.201. The molecule has 1 aromatic rings. The maximum atomic E-state index is 13.2. The number of fused-ring (bicyclic) bond motifs is 1. The summed E-state index contributed by atoms with van der Waals surface area (Å²) in [6.45, 7) is 8.23. The minimum Gasteiger partial charge on any atom is -0.454 e. The van der Waals surface area contributed by atoms with Crippen LogP contribution in [0.3, 0.4) is 0 Å². The number of rotatable bonds is 4. The first-order chi connectivity index (χ1) is 12.0. The number of unbranched alkanes of at least 4 members (excludes halogenated alkanes) is 1. The molecule has 1 aromatic carbocycles. The molecule has 5 heterocycles. The molecular weight excluding hydrogens is 316 g/mol. The second-order valence-corrected chi connectivity index (χ2v) is 8.57. The molecule has 2 unspecified atom stereocenters. The summed E-state index contributed by atoms with van der Waals surface area (Å²) in [5.41, 5.74) is 0.885. The fourth-order valence-corrected chi connectivity index (χ4v) is 5.67. The minimum atomic E-state index is -0.211. The molecule has 5 aliphatic heterocycles. The van der Waals surface area contributed by atoms with Crippen LogP contribution in [0.25, 0.3) is 0 Å². The van der Waals surface area contributed by atoms with Gasteiger partial charge in [-0.1, -0.05) is 32.8 Å². The number of benzene rings is 1. The van der Waals surface area contributed by atoms with Gasteiger partial charge < -0.3 is 9.47 Å². The predicted octanol–water partition coefficient (Wildman–Crippen LogP) is 2.81. The standard InChI is InChI=1S/C20H26N2O3/c1-3-4-7-20-11-21-9-19(2,18(20)23)10-22(12-20)17(21)14-5-6-15-16(8-14)25-13-24-15/h5-6,8,17H,3-4,7,9-13H2,1-2H3. The van der Waals surface area contributed by atoms with Crippen LogP contribution < -0.4 is 9.47 Å². The van der Waals surface area contributed by atoms with E-state index in [2.05, 4.69) is 35.8 Å². The second kappa shape index (κ2) is 5.21. The average molecular weight is 342 g/mol. The van der Waals surface area contributed by atoms with Gasteiger partial charge in [0.25, 0.3) is 0 Å². The van der Waals surface area contributed by atoms with Crippen LogP contribution in [0.1, 0.15) is 44.8 Å². The lowest BCUT2D eigenvalue weighted by atomic mass is 9.59. The summed E-state index contributed by atoms with van der Waals surface area (Å²) in [7, 11) is 0. The van der Waals surface area contributed by atoms with E-state index in [0.29, 0.717) is 12.6 Å². The molecule has 134 valence electrons. The maximum Gasteiger partial charge on any atom is 0.231 e. The molecule has 2 atom stereocenters. The summed E-state index contributed by atoms with van der Waals surface area (Å²) in [4.78, 5) is 18.3. The van der Waals surface area contributed by atoms with E-state index in [1.807, 2.05) is 6.07 Å². The Labute approximate surface area is 148 Å². The Bertz CT molecular complexity index is 716. The molecule has 0 amide bonds. The van der Waals surface area contributed by atoms with Crippen molar-refractivity contribution in [1.82, 2.24) is 9.80 Å². The number of carbonyl (C=O) groups excluding carboxylic acids is 1. The van der Waals surface area contributed by atoms with E-state index >= 15 is 0 Å². The smallest absolute Gasteiger partial charge is 0.231 e. The van der Waals surface area contributed by atoms with Crippen LogP contribution in [0.2, 0.25) is 0 Å². The molecule has 4 saturated heterocycles. The van der Waals surface area contributed by atoms with Gasteiger partial charge in [-0.3, -0.25) is 14.6 Å². The average Bonchev–Trinajstić information content (AvgIpc) is 3.04. The third kappa shape index (κ3) is 2.12. The third-order valence-corrected chi connectivity index (χ3v) is 6.54. The van der Waals surface area contributed by atoms with Crippen molar-refractivity contribution < 1.29 is 14.3 Å². The van der Waals surface area contributed by atoms with Crippen molar-refractivity contribution in [3.8, 4) is 11.5 Å². The fourth-order valence-electron chi connectivity index (χ4n) is 5.67. The number of piperidine rings is 2. The Morgan fingerprint density at radius 2 is 1.84 bits per heavy atom. The predicted molar refractivity (Wildman–Crippen MR) is 93.5 cm³/mol. The van der Waals surface area contributed by atoms with Crippen molar-refractivity contribution in [2.75, 3.05) is 33.0 Å². The van der Waals surface area contributed by atoms with Crippen molar-refractivity contribution in [2.45, 2.75) is 39.3 Å². The first-order valence-electron chi connectivity index (χ1n) is 9.47. The summed E-state index contributed by atoms with van der Waals surface area (Å²) in [6.07, 6.45) is 3.57. The van der Waals surface area contributed by atoms with E-state index in [0.717, 1.165) is 56.9 Å². The molecule has 5 aliphatic rings. The molecule has 0 aliphatic carbocycles. The normalized spacial score (nSPS) is 40.7. The molecular formula is C20H26N2O3. The quantitative estimate of drug-likeness (QED) is 0.842. The number of carbonyl (C=O) groups is 1. The molecule has 0 saturated carbocycles. The van der Waals surface area contributed by atoms with E-state index in [9.17, 15) is 4.79 Å². The van der Waals surface area contributed by atoms with E-state index < -0.39 is 0 Å². The van der Waals surface area contributed by atoms with Gasteiger partial charge in [-0.2, -0.15) is 0 Å². The van der Waals surface area contributed by atoms with Crippen molar-refractivity contribution in [1.29, 1.82) is 0 Å². The van der Waals surface area contributed by atoms with Crippen LogP contribution in [0.4, 0.5) is 0 Å². The van der Waals surface area contributed by atoms with E-state index in [1.165, 1.54) is 5.56 Å². The molecule has 6 rings (SSSR count). The van der Waals surface area contributed by atoms with Gasteiger partial charge in [-0.15, -0.1) is 0 Å². The first-order valence-corrected chi connectivity index (χ1v) is 9.47. The zero-order valence-electron chi connectivity index (χ0n) is 15.1. The van der Waals surface area contributed by atoms with Crippen LogP contribution in [-0.2, 0) is 4.79 Å². The van der Waals surface area contributed by atoms with Gasteiger partial charge in [0, 0.05) is 26.2 Å². The van der Waals surface area contributed by atoms with E-state index in [1.54, 1.807) is 0 Å². The highest BCUT2D eigenvalue weighted by Gasteiger charge is 2.63. The Hall–Kier alpha value is -1.59. The van der Waals surface area contributed by atoms with Crippen LogP contribution in [0.15, 0.2) is 18.2 Å². The van der Waals surface area contributed by atoms with Gasteiger partial charge in [-0.05, 0) is 24.1 Å².